The molecule has 0 spiro atoms. The number of hydrogen-bond donors (Lipinski definition) is 1. The molecule has 1 aromatic carbocycles. The number of rotatable bonds is 5. The Bertz CT molecular complexity index is 1110. The van der Waals surface area contributed by atoms with Crippen molar-refractivity contribution in [3.63, 3.8) is 0 Å². The van der Waals surface area contributed by atoms with E-state index in [1.807, 2.05) is 22.6 Å². The Morgan fingerprint density at radius 2 is 2.04 bits per heavy atom. The molecular formula is C16H13F2IN4O2S. The van der Waals surface area contributed by atoms with Crippen LogP contribution in [0, 0.1) is 15.3 Å². The van der Waals surface area contributed by atoms with Crippen LogP contribution in [0.25, 0.3) is 5.65 Å². The molecule has 0 aliphatic heterocycles. The Labute approximate surface area is 161 Å². The van der Waals surface area contributed by atoms with Gasteiger partial charge in [0.2, 0.25) is 16.0 Å². The number of nitrogens with one attached hydrogen (secondary N) is 1. The van der Waals surface area contributed by atoms with Crippen LogP contribution < -0.4 is 4.72 Å². The lowest BCUT2D eigenvalue weighted by Gasteiger charge is -2.14. The first-order valence-corrected chi connectivity index (χ1v) is 10.5. The van der Waals surface area contributed by atoms with Crippen molar-refractivity contribution in [3.8, 4) is 0 Å². The second kappa shape index (κ2) is 6.41. The van der Waals surface area contributed by atoms with Crippen molar-refractivity contribution in [2.75, 3.05) is 4.72 Å². The summed E-state index contributed by atoms with van der Waals surface area (Å²) < 4.78 is 57.8. The fourth-order valence-electron chi connectivity index (χ4n) is 2.63. The molecule has 1 N–H and O–H groups in total. The molecule has 0 saturated heterocycles. The minimum atomic E-state index is -3.64. The average Bonchev–Trinajstić information content (AvgIpc) is 3.33. The Kier molecular flexibility index (Phi) is 4.34. The van der Waals surface area contributed by atoms with Gasteiger partial charge in [0.1, 0.15) is 11.6 Å². The highest BCUT2D eigenvalue weighted by Crippen LogP contribution is 2.31. The number of halogens is 3. The third-order valence-corrected chi connectivity index (χ3v) is 6.65. The average molecular weight is 490 g/mol. The summed E-state index contributed by atoms with van der Waals surface area (Å²) in [6.45, 7) is 0. The minimum Gasteiger partial charge on any atom is -0.267 e. The summed E-state index contributed by atoms with van der Waals surface area (Å²) in [5, 5.41) is 3.36. The number of benzene rings is 1. The summed E-state index contributed by atoms with van der Waals surface area (Å²) >= 11 is 1.98. The van der Waals surface area contributed by atoms with Gasteiger partial charge in [-0.25, -0.2) is 17.8 Å². The first-order valence-electron chi connectivity index (χ1n) is 7.83. The van der Waals surface area contributed by atoms with Gasteiger partial charge >= 0.3 is 0 Å². The van der Waals surface area contributed by atoms with Crippen LogP contribution in [0.15, 0.2) is 30.5 Å². The van der Waals surface area contributed by atoms with Gasteiger partial charge in [-0.1, -0.05) is 6.07 Å². The van der Waals surface area contributed by atoms with E-state index in [2.05, 4.69) is 14.8 Å². The highest BCUT2D eigenvalue weighted by atomic mass is 127. The van der Waals surface area contributed by atoms with Crippen molar-refractivity contribution in [2.24, 2.45) is 0 Å². The van der Waals surface area contributed by atoms with Crippen LogP contribution in [0.2, 0.25) is 0 Å². The summed E-state index contributed by atoms with van der Waals surface area (Å²) in [6, 6.07) is 6.04. The van der Waals surface area contributed by atoms with Gasteiger partial charge in [-0.3, -0.25) is 4.72 Å². The second-order valence-electron chi connectivity index (χ2n) is 6.09. The standard InChI is InChI=1S/C16H13F2IN4O2S/c17-13-8-10(19)2-1-9(13)7-12-15(18)23-14(5-6-20-23)21-16(12)22-26(24,25)11-3-4-11/h1-2,5-6,8,11H,3-4,7H2,(H,21,22). The molecule has 2 heterocycles. The third kappa shape index (κ3) is 3.27. The molecule has 1 aliphatic rings. The molecule has 3 aromatic rings. The van der Waals surface area contributed by atoms with Gasteiger partial charge in [-0.05, 0) is 53.1 Å². The number of hydrogen-bond acceptors (Lipinski definition) is 4. The molecule has 0 amide bonds. The number of aromatic nitrogens is 3. The van der Waals surface area contributed by atoms with Gasteiger partial charge in [0.25, 0.3) is 0 Å². The smallest absolute Gasteiger partial charge is 0.236 e. The fourth-order valence-corrected chi connectivity index (χ4v) is 4.45. The van der Waals surface area contributed by atoms with Crippen LogP contribution in [-0.4, -0.2) is 28.3 Å². The Morgan fingerprint density at radius 3 is 2.73 bits per heavy atom. The lowest BCUT2D eigenvalue weighted by Crippen LogP contribution is -2.21. The van der Waals surface area contributed by atoms with Crippen molar-refractivity contribution in [1.82, 2.24) is 14.6 Å². The van der Waals surface area contributed by atoms with Crippen molar-refractivity contribution in [2.45, 2.75) is 24.5 Å². The van der Waals surface area contributed by atoms with Crippen molar-refractivity contribution >= 4 is 44.1 Å². The van der Waals surface area contributed by atoms with Gasteiger partial charge in [0, 0.05) is 16.1 Å². The maximum atomic E-state index is 15.0. The predicted octanol–water partition coefficient (Wildman–Crippen LogP) is 3.11. The molecule has 1 fully saturated rings. The SMILES string of the molecule is O=S(=O)(Nc1nc2ccnn2c(F)c1Cc1ccc(I)cc1F)C1CC1. The zero-order valence-electron chi connectivity index (χ0n) is 13.3. The number of anilines is 1. The molecule has 136 valence electrons. The molecule has 4 rings (SSSR count). The molecule has 1 aliphatic carbocycles. The summed E-state index contributed by atoms with van der Waals surface area (Å²) in [6.07, 6.45) is 2.33. The van der Waals surface area contributed by atoms with Crippen LogP contribution in [0.3, 0.4) is 0 Å². The van der Waals surface area contributed by atoms with Crippen molar-refractivity contribution in [3.05, 3.63) is 56.9 Å². The summed E-state index contributed by atoms with van der Waals surface area (Å²) in [4.78, 5) is 4.18. The van der Waals surface area contributed by atoms with Crippen molar-refractivity contribution in [1.29, 1.82) is 0 Å². The van der Waals surface area contributed by atoms with E-state index in [9.17, 15) is 17.2 Å². The summed E-state index contributed by atoms with van der Waals surface area (Å²) in [5.41, 5.74) is 0.359. The molecular weight excluding hydrogens is 477 g/mol. The lowest BCUT2D eigenvalue weighted by molar-refractivity contribution is 0.528. The highest BCUT2D eigenvalue weighted by Gasteiger charge is 2.36. The number of sulfonamides is 1. The first kappa shape index (κ1) is 17.6. The summed E-state index contributed by atoms with van der Waals surface area (Å²) in [5.74, 6) is -1.39. The van der Waals surface area contributed by atoms with E-state index in [1.165, 1.54) is 18.3 Å². The topological polar surface area (TPSA) is 76.4 Å². The van der Waals surface area contributed by atoms with E-state index < -0.39 is 27.0 Å². The van der Waals surface area contributed by atoms with Gasteiger partial charge in [0.05, 0.1) is 17.0 Å². The fraction of sp³-hybridized carbons (Fsp3) is 0.250. The Hall–Kier alpha value is -1.82. The van der Waals surface area contributed by atoms with E-state index in [0.717, 1.165) is 4.52 Å². The maximum Gasteiger partial charge on any atom is 0.236 e. The normalized spacial score (nSPS) is 14.7. The molecule has 0 atom stereocenters. The van der Waals surface area contributed by atoms with Crippen LogP contribution >= 0.6 is 22.6 Å². The zero-order chi connectivity index (χ0) is 18.5. The van der Waals surface area contributed by atoms with Crippen LogP contribution in [0.1, 0.15) is 24.0 Å². The van der Waals surface area contributed by atoms with Crippen LogP contribution in [-0.2, 0) is 16.4 Å². The highest BCUT2D eigenvalue weighted by molar-refractivity contribution is 14.1. The molecule has 6 nitrogen and oxygen atoms in total. The van der Waals surface area contributed by atoms with Crippen LogP contribution in [0.5, 0.6) is 0 Å². The minimum absolute atomic E-state index is 0.0504. The van der Waals surface area contributed by atoms with Crippen molar-refractivity contribution < 1.29 is 17.2 Å². The first-order chi connectivity index (χ1) is 12.3. The Morgan fingerprint density at radius 1 is 1.27 bits per heavy atom. The van der Waals surface area contributed by atoms with Gasteiger partial charge in [0.15, 0.2) is 5.65 Å². The van der Waals surface area contributed by atoms with Gasteiger partial charge in [-0.2, -0.15) is 14.0 Å². The third-order valence-electron chi connectivity index (χ3n) is 4.15. The monoisotopic (exact) mass is 490 g/mol. The number of fused-ring (bicyclic) bond motifs is 1. The zero-order valence-corrected chi connectivity index (χ0v) is 16.3. The van der Waals surface area contributed by atoms with E-state index in [-0.39, 0.29) is 29.0 Å². The molecule has 0 unspecified atom stereocenters. The maximum absolute atomic E-state index is 15.0. The molecule has 0 radical (unpaired) electrons. The van der Waals surface area contributed by atoms with Crippen LogP contribution in [0.4, 0.5) is 14.6 Å². The predicted molar refractivity (Wildman–Crippen MR) is 100 cm³/mol. The van der Waals surface area contributed by atoms with Gasteiger partial charge < -0.3 is 0 Å². The largest absolute Gasteiger partial charge is 0.267 e. The van der Waals surface area contributed by atoms with Gasteiger partial charge in [-0.15, -0.1) is 0 Å². The van der Waals surface area contributed by atoms with E-state index >= 15 is 0 Å². The lowest BCUT2D eigenvalue weighted by atomic mass is 10.1. The van der Waals surface area contributed by atoms with E-state index in [4.69, 9.17) is 0 Å². The summed E-state index contributed by atoms with van der Waals surface area (Å²) in [7, 11) is -3.64. The van der Waals surface area contributed by atoms with E-state index in [0.29, 0.717) is 16.4 Å². The number of nitrogens with zero attached hydrogens (tertiary/aromatic N) is 3. The second-order valence-corrected chi connectivity index (χ2v) is 9.30. The molecule has 10 heteroatoms. The van der Waals surface area contributed by atoms with E-state index in [1.54, 1.807) is 12.1 Å². The molecule has 2 aromatic heterocycles. The molecule has 0 bridgehead atoms. The Balaban J connectivity index is 1.82. The quantitative estimate of drug-likeness (QED) is 0.441. The molecule has 1 saturated carbocycles. The molecule has 26 heavy (non-hydrogen) atoms.